The van der Waals surface area contributed by atoms with Crippen molar-refractivity contribution in [3.8, 4) is 11.4 Å². The summed E-state index contributed by atoms with van der Waals surface area (Å²) in [7, 11) is 0. The van der Waals surface area contributed by atoms with Crippen molar-refractivity contribution in [3.05, 3.63) is 57.2 Å². The number of rotatable bonds is 6. The van der Waals surface area contributed by atoms with Crippen LogP contribution in [0, 0.1) is 11.7 Å². The molecule has 10 heteroatoms. The van der Waals surface area contributed by atoms with Crippen LogP contribution in [-0.4, -0.2) is 29.8 Å². The molecule has 144 valence electrons. The van der Waals surface area contributed by atoms with Gasteiger partial charge in [0.15, 0.2) is 5.82 Å². The molecule has 0 radical (unpaired) electrons. The van der Waals surface area contributed by atoms with Gasteiger partial charge < -0.3 is 0 Å². The molecule has 0 saturated carbocycles. The molecule has 0 bridgehead atoms. The van der Waals surface area contributed by atoms with Gasteiger partial charge in [-0.3, -0.25) is 9.89 Å². The van der Waals surface area contributed by atoms with Gasteiger partial charge in [-0.1, -0.05) is 49.1 Å². The van der Waals surface area contributed by atoms with Crippen LogP contribution in [0.5, 0.6) is 0 Å². The van der Waals surface area contributed by atoms with Gasteiger partial charge in [0.2, 0.25) is 10.1 Å². The Morgan fingerprint density at radius 1 is 1.29 bits per heavy atom. The van der Waals surface area contributed by atoms with Crippen LogP contribution >= 0.6 is 23.1 Å². The molecular formula is C18H17FN6OS2. The second-order valence-electron chi connectivity index (χ2n) is 6.61. The van der Waals surface area contributed by atoms with E-state index in [2.05, 4.69) is 39.1 Å². The van der Waals surface area contributed by atoms with Crippen LogP contribution in [0.25, 0.3) is 16.3 Å². The van der Waals surface area contributed by atoms with E-state index in [1.807, 2.05) is 0 Å². The van der Waals surface area contributed by atoms with Gasteiger partial charge >= 0.3 is 0 Å². The molecule has 3 heterocycles. The average molecular weight is 417 g/mol. The lowest BCUT2D eigenvalue weighted by atomic mass is 10.1. The van der Waals surface area contributed by atoms with Crippen molar-refractivity contribution in [2.24, 2.45) is 5.92 Å². The largest absolute Gasteiger partial charge is 0.275 e. The molecule has 0 fully saturated rings. The summed E-state index contributed by atoms with van der Waals surface area (Å²) in [6.07, 6.45) is 0.813. The van der Waals surface area contributed by atoms with E-state index in [1.165, 1.54) is 39.7 Å². The highest BCUT2D eigenvalue weighted by Crippen LogP contribution is 2.24. The predicted octanol–water partition coefficient (Wildman–Crippen LogP) is 3.57. The van der Waals surface area contributed by atoms with Crippen LogP contribution in [0.15, 0.2) is 40.3 Å². The first-order valence-corrected chi connectivity index (χ1v) is 10.5. The normalized spacial score (nSPS) is 11.6. The number of hydrogen-bond donors (Lipinski definition) is 1. The highest BCUT2D eigenvalue weighted by atomic mass is 32.2. The number of nitrogens with zero attached hydrogens (tertiary/aromatic N) is 5. The highest BCUT2D eigenvalue weighted by Gasteiger charge is 2.13. The maximum atomic E-state index is 13.9. The first kappa shape index (κ1) is 18.8. The lowest BCUT2D eigenvalue weighted by Gasteiger charge is -1.98. The van der Waals surface area contributed by atoms with Crippen LogP contribution in [0.4, 0.5) is 4.39 Å². The number of halogens is 1. The van der Waals surface area contributed by atoms with E-state index in [9.17, 15) is 9.18 Å². The van der Waals surface area contributed by atoms with Gasteiger partial charge in [0.25, 0.3) is 5.56 Å². The number of nitrogens with one attached hydrogen (secondary N) is 1. The van der Waals surface area contributed by atoms with Crippen molar-refractivity contribution in [2.45, 2.75) is 31.2 Å². The molecule has 0 aliphatic heterocycles. The number of aromatic nitrogens is 6. The van der Waals surface area contributed by atoms with E-state index in [-0.39, 0.29) is 11.4 Å². The third-order valence-electron chi connectivity index (χ3n) is 3.87. The van der Waals surface area contributed by atoms with Gasteiger partial charge in [-0.2, -0.15) is 9.61 Å². The van der Waals surface area contributed by atoms with Crippen LogP contribution in [0.1, 0.15) is 24.5 Å². The minimum absolute atomic E-state index is 0.200. The summed E-state index contributed by atoms with van der Waals surface area (Å²) < 4.78 is 15.2. The van der Waals surface area contributed by atoms with Gasteiger partial charge in [-0.15, -0.1) is 5.10 Å². The Morgan fingerprint density at radius 2 is 2.11 bits per heavy atom. The van der Waals surface area contributed by atoms with Crippen molar-refractivity contribution in [1.82, 2.24) is 29.8 Å². The third kappa shape index (κ3) is 3.97. The zero-order valence-corrected chi connectivity index (χ0v) is 16.9. The summed E-state index contributed by atoms with van der Waals surface area (Å²) in [4.78, 5) is 21.7. The van der Waals surface area contributed by atoms with Crippen molar-refractivity contribution < 1.29 is 4.39 Å². The monoisotopic (exact) mass is 416 g/mol. The van der Waals surface area contributed by atoms with Crippen molar-refractivity contribution in [3.63, 3.8) is 0 Å². The zero-order chi connectivity index (χ0) is 19.7. The van der Waals surface area contributed by atoms with Gasteiger partial charge in [0.05, 0.1) is 11.3 Å². The van der Waals surface area contributed by atoms with Gasteiger partial charge in [0.1, 0.15) is 10.8 Å². The average Bonchev–Trinajstić information content (AvgIpc) is 3.27. The van der Waals surface area contributed by atoms with Crippen molar-refractivity contribution in [1.29, 1.82) is 0 Å². The fraction of sp³-hybridized carbons (Fsp3) is 0.278. The molecule has 0 unspecified atom stereocenters. The minimum atomic E-state index is -0.363. The van der Waals surface area contributed by atoms with Crippen LogP contribution in [-0.2, 0) is 12.2 Å². The van der Waals surface area contributed by atoms with E-state index in [0.29, 0.717) is 38.9 Å². The molecule has 1 N–H and O–H groups in total. The molecule has 28 heavy (non-hydrogen) atoms. The van der Waals surface area contributed by atoms with Gasteiger partial charge in [-0.05, 0) is 18.1 Å². The second kappa shape index (κ2) is 7.80. The number of thioether (sulfide) groups is 1. The fourth-order valence-corrected chi connectivity index (χ4v) is 4.45. The molecule has 0 amide bonds. The van der Waals surface area contributed by atoms with Crippen molar-refractivity contribution >= 4 is 28.1 Å². The maximum absolute atomic E-state index is 13.9. The second-order valence-corrected chi connectivity index (χ2v) is 8.59. The molecule has 7 nitrogen and oxygen atoms in total. The molecule has 0 aliphatic rings. The Kier molecular flexibility index (Phi) is 5.23. The summed E-state index contributed by atoms with van der Waals surface area (Å²) in [6.45, 7) is 4.22. The Labute approximate surface area is 168 Å². The minimum Gasteiger partial charge on any atom is -0.267 e. The van der Waals surface area contributed by atoms with E-state index >= 15 is 0 Å². The summed E-state index contributed by atoms with van der Waals surface area (Å²) in [5.41, 5.74) is 0.794. The number of aromatic amines is 1. The Hall–Kier alpha value is -2.59. The molecule has 0 atom stereocenters. The molecule has 0 spiro atoms. The predicted molar refractivity (Wildman–Crippen MR) is 107 cm³/mol. The third-order valence-corrected chi connectivity index (χ3v) is 5.68. The molecule has 3 aromatic heterocycles. The molecule has 4 aromatic rings. The number of fused-ring (bicyclic) bond motifs is 1. The Morgan fingerprint density at radius 3 is 2.89 bits per heavy atom. The summed E-state index contributed by atoms with van der Waals surface area (Å²) in [5, 5.41) is 12.6. The summed E-state index contributed by atoms with van der Waals surface area (Å²) >= 11 is 2.76. The van der Waals surface area contributed by atoms with Crippen LogP contribution in [0.3, 0.4) is 0 Å². The Bertz CT molecular complexity index is 1180. The summed E-state index contributed by atoms with van der Waals surface area (Å²) in [5.74, 6) is 0.890. The highest BCUT2D eigenvalue weighted by molar-refractivity contribution is 7.98. The molecule has 4 rings (SSSR count). The van der Waals surface area contributed by atoms with E-state index in [0.717, 1.165) is 11.4 Å². The smallest absolute Gasteiger partial charge is 0.267 e. The lowest BCUT2D eigenvalue weighted by Crippen LogP contribution is -2.15. The summed E-state index contributed by atoms with van der Waals surface area (Å²) in [6, 6.07) is 7.85. The molecular weight excluding hydrogens is 399 g/mol. The van der Waals surface area contributed by atoms with Gasteiger partial charge in [-0.25, -0.2) is 14.4 Å². The van der Waals surface area contributed by atoms with E-state index < -0.39 is 0 Å². The standard InChI is InChI=1S/C18H17FN6OS2/c1-10(2)7-14-24-25-15(26)8-11(20-18(25)28-14)9-27-17-21-16(22-23-17)12-5-3-4-6-13(12)19/h3-6,8,10H,7,9H2,1-2H3,(H,21,22,23). The number of H-pyrrole nitrogens is 1. The Balaban J connectivity index is 1.51. The van der Waals surface area contributed by atoms with Crippen LogP contribution in [0.2, 0.25) is 0 Å². The number of benzene rings is 1. The lowest BCUT2D eigenvalue weighted by molar-refractivity contribution is 0.630. The molecule has 0 aliphatic carbocycles. The SMILES string of the molecule is CC(C)Cc1nn2c(=O)cc(CSc3n[nH]c(-c4ccccc4F)n3)nc2s1. The maximum Gasteiger partial charge on any atom is 0.275 e. The topological polar surface area (TPSA) is 88.8 Å². The van der Waals surface area contributed by atoms with Gasteiger partial charge in [0, 0.05) is 18.2 Å². The molecule has 1 aromatic carbocycles. The fourth-order valence-electron chi connectivity index (χ4n) is 2.62. The molecule has 0 saturated heterocycles. The first-order valence-electron chi connectivity index (χ1n) is 8.68. The van der Waals surface area contributed by atoms with E-state index in [1.54, 1.807) is 18.2 Å². The first-order chi connectivity index (χ1) is 13.5. The zero-order valence-electron chi connectivity index (χ0n) is 15.2. The van der Waals surface area contributed by atoms with E-state index in [4.69, 9.17) is 0 Å². The number of hydrogen-bond acceptors (Lipinski definition) is 7. The quantitative estimate of drug-likeness (QED) is 0.484. The van der Waals surface area contributed by atoms with Crippen LogP contribution < -0.4 is 5.56 Å². The van der Waals surface area contributed by atoms with Crippen molar-refractivity contribution in [2.75, 3.05) is 0 Å².